The fourth-order valence-electron chi connectivity index (χ4n) is 5.37. The number of aromatic amines is 1. The van der Waals surface area contributed by atoms with Gasteiger partial charge in [-0.25, -0.2) is 0 Å². The van der Waals surface area contributed by atoms with E-state index >= 15 is 0 Å². The van der Waals surface area contributed by atoms with Crippen molar-refractivity contribution in [2.24, 2.45) is 0 Å². The first-order chi connectivity index (χ1) is 16.2. The Balaban J connectivity index is 1.38. The number of nitrogens with zero attached hydrogens (tertiary/aromatic N) is 4. The van der Waals surface area contributed by atoms with Crippen molar-refractivity contribution >= 4 is 28.9 Å². The lowest BCUT2D eigenvalue weighted by Crippen LogP contribution is -2.46. The monoisotopic (exact) mass is 476 g/mol. The third kappa shape index (κ3) is 3.68. The second-order valence-corrected chi connectivity index (χ2v) is 9.43. The first-order valence-electron chi connectivity index (χ1n) is 11.1. The van der Waals surface area contributed by atoms with E-state index < -0.39 is 0 Å². The molecule has 3 atom stereocenters. The molecule has 0 spiro atoms. The summed E-state index contributed by atoms with van der Waals surface area (Å²) in [6.45, 7) is 1.73. The number of piperidine rings is 1. The quantitative estimate of drug-likeness (QED) is 0.395. The SMILES string of the molecule is Clc1cccc(C2C3Nc4ccccc4C3CCN2Cc2cccc(-c3nn[nH]n3)c2)c1Cl. The maximum Gasteiger partial charge on any atom is 0.204 e. The summed E-state index contributed by atoms with van der Waals surface area (Å²) in [5, 5.41) is 19.5. The van der Waals surface area contributed by atoms with Gasteiger partial charge < -0.3 is 5.32 Å². The zero-order valence-electron chi connectivity index (χ0n) is 17.7. The van der Waals surface area contributed by atoms with Gasteiger partial charge in [0.1, 0.15) is 0 Å². The average molecular weight is 477 g/mol. The number of nitrogens with one attached hydrogen (secondary N) is 2. The number of aromatic nitrogens is 4. The van der Waals surface area contributed by atoms with E-state index in [2.05, 4.69) is 73.3 Å². The molecular weight excluding hydrogens is 455 g/mol. The van der Waals surface area contributed by atoms with Crippen LogP contribution in [0, 0.1) is 0 Å². The summed E-state index contributed by atoms with van der Waals surface area (Å²) in [6, 6.07) is 23.2. The first-order valence-corrected chi connectivity index (χ1v) is 11.8. The Morgan fingerprint density at radius 1 is 0.970 bits per heavy atom. The Kier molecular flexibility index (Phi) is 5.29. The number of anilines is 1. The van der Waals surface area contributed by atoms with Crippen molar-refractivity contribution in [3.63, 3.8) is 0 Å². The summed E-state index contributed by atoms with van der Waals surface area (Å²) in [4.78, 5) is 2.51. The molecule has 0 amide bonds. The van der Waals surface area contributed by atoms with E-state index in [1.54, 1.807) is 0 Å². The standard InChI is InChI=1S/C25H22Cl2N6/c26-20-9-4-8-19(22(20)27)24-23-18(17-7-1-2-10-21(17)28-23)11-12-33(24)14-15-5-3-6-16(13-15)25-29-31-32-30-25/h1-10,13,18,23-24,28H,11-12,14H2,(H,29,30,31,32). The van der Waals surface area contributed by atoms with Crippen molar-refractivity contribution in [3.05, 3.63) is 93.5 Å². The van der Waals surface area contributed by atoms with Gasteiger partial charge >= 0.3 is 0 Å². The van der Waals surface area contributed by atoms with Gasteiger partial charge in [-0.2, -0.15) is 5.21 Å². The maximum atomic E-state index is 6.78. The molecule has 2 N–H and O–H groups in total. The number of halogens is 2. The van der Waals surface area contributed by atoms with E-state index in [1.165, 1.54) is 16.8 Å². The van der Waals surface area contributed by atoms with Crippen LogP contribution in [0.4, 0.5) is 5.69 Å². The topological polar surface area (TPSA) is 69.7 Å². The van der Waals surface area contributed by atoms with E-state index in [4.69, 9.17) is 23.2 Å². The molecule has 3 heterocycles. The summed E-state index contributed by atoms with van der Waals surface area (Å²) in [6.07, 6.45) is 1.08. The first kappa shape index (κ1) is 20.7. The van der Waals surface area contributed by atoms with Crippen LogP contribution in [0.3, 0.4) is 0 Å². The van der Waals surface area contributed by atoms with Gasteiger partial charge in [0.15, 0.2) is 0 Å². The molecule has 3 aromatic carbocycles. The Labute approximate surface area is 201 Å². The van der Waals surface area contributed by atoms with Gasteiger partial charge in [-0.1, -0.05) is 71.7 Å². The summed E-state index contributed by atoms with van der Waals surface area (Å²) in [7, 11) is 0. The molecule has 0 radical (unpaired) electrons. The normalized spacial score (nSPS) is 21.9. The number of tetrazole rings is 1. The molecule has 8 heteroatoms. The fraction of sp³-hybridized carbons (Fsp3) is 0.240. The van der Waals surface area contributed by atoms with Gasteiger partial charge in [0.05, 0.1) is 22.1 Å². The number of H-pyrrole nitrogens is 1. The molecule has 4 aromatic rings. The molecule has 1 saturated heterocycles. The molecule has 33 heavy (non-hydrogen) atoms. The Morgan fingerprint density at radius 3 is 2.70 bits per heavy atom. The number of fused-ring (bicyclic) bond motifs is 3. The van der Waals surface area contributed by atoms with Crippen LogP contribution in [0.25, 0.3) is 11.4 Å². The molecule has 0 bridgehead atoms. The van der Waals surface area contributed by atoms with Gasteiger partial charge in [0.25, 0.3) is 0 Å². The second kappa shape index (κ2) is 8.45. The third-order valence-corrected chi connectivity index (χ3v) is 7.63. The number of rotatable bonds is 4. The van der Waals surface area contributed by atoms with E-state index in [-0.39, 0.29) is 12.1 Å². The smallest absolute Gasteiger partial charge is 0.204 e. The highest BCUT2D eigenvalue weighted by molar-refractivity contribution is 6.42. The minimum absolute atomic E-state index is 0.0798. The molecule has 2 aliphatic heterocycles. The predicted molar refractivity (Wildman–Crippen MR) is 130 cm³/mol. The number of para-hydroxylation sites is 1. The minimum Gasteiger partial charge on any atom is -0.380 e. The van der Waals surface area contributed by atoms with Crippen LogP contribution in [-0.2, 0) is 6.54 Å². The number of hydrogen-bond donors (Lipinski definition) is 2. The summed E-state index contributed by atoms with van der Waals surface area (Å²) in [5.74, 6) is 1.03. The number of likely N-dealkylation sites (tertiary alicyclic amines) is 1. The van der Waals surface area contributed by atoms with Crippen LogP contribution >= 0.6 is 23.2 Å². The zero-order chi connectivity index (χ0) is 22.4. The predicted octanol–water partition coefficient (Wildman–Crippen LogP) is 5.70. The van der Waals surface area contributed by atoms with Crippen molar-refractivity contribution in [3.8, 4) is 11.4 Å². The molecular formula is C25H22Cl2N6. The van der Waals surface area contributed by atoms with Crippen molar-refractivity contribution in [2.45, 2.75) is 31.0 Å². The Bertz CT molecular complexity index is 1290. The zero-order valence-corrected chi connectivity index (χ0v) is 19.3. The Hall–Kier alpha value is -2.93. The molecule has 6 nitrogen and oxygen atoms in total. The van der Waals surface area contributed by atoms with Gasteiger partial charge in [0.2, 0.25) is 5.82 Å². The molecule has 0 saturated carbocycles. The van der Waals surface area contributed by atoms with Gasteiger partial charge in [-0.3, -0.25) is 4.90 Å². The molecule has 0 aliphatic carbocycles. The van der Waals surface area contributed by atoms with Gasteiger partial charge in [-0.15, -0.1) is 10.2 Å². The highest BCUT2D eigenvalue weighted by Gasteiger charge is 2.44. The highest BCUT2D eigenvalue weighted by atomic mass is 35.5. The van der Waals surface area contributed by atoms with E-state index in [0.717, 1.165) is 30.6 Å². The van der Waals surface area contributed by atoms with Crippen LogP contribution in [-0.4, -0.2) is 38.1 Å². The molecule has 6 rings (SSSR count). The lowest BCUT2D eigenvalue weighted by atomic mass is 9.80. The fourth-order valence-corrected chi connectivity index (χ4v) is 5.79. The lowest BCUT2D eigenvalue weighted by molar-refractivity contribution is 0.118. The van der Waals surface area contributed by atoms with E-state index in [0.29, 0.717) is 21.8 Å². The lowest BCUT2D eigenvalue weighted by Gasteiger charge is -2.44. The van der Waals surface area contributed by atoms with E-state index in [1.807, 2.05) is 24.3 Å². The second-order valence-electron chi connectivity index (χ2n) is 8.65. The number of hydrogen-bond acceptors (Lipinski definition) is 5. The molecule has 166 valence electrons. The van der Waals surface area contributed by atoms with Crippen molar-refractivity contribution in [2.75, 3.05) is 11.9 Å². The van der Waals surface area contributed by atoms with Gasteiger partial charge in [0, 0.05) is 23.7 Å². The summed E-state index contributed by atoms with van der Waals surface area (Å²) >= 11 is 13.2. The molecule has 1 fully saturated rings. The van der Waals surface area contributed by atoms with Crippen LogP contribution in [0.15, 0.2) is 66.7 Å². The Morgan fingerprint density at radius 2 is 1.82 bits per heavy atom. The van der Waals surface area contributed by atoms with Crippen LogP contribution in [0.1, 0.15) is 35.1 Å². The van der Waals surface area contributed by atoms with Crippen molar-refractivity contribution in [1.29, 1.82) is 0 Å². The third-order valence-electron chi connectivity index (χ3n) is 6.79. The van der Waals surface area contributed by atoms with Gasteiger partial charge in [-0.05, 0) is 53.1 Å². The summed E-state index contributed by atoms with van der Waals surface area (Å²) < 4.78 is 0. The van der Waals surface area contributed by atoms with Crippen molar-refractivity contribution < 1.29 is 0 Å². The molecule has 1 aromatic heterocycles. The van der Waals surface area contributed by atoms with Crippen LogP contribution < -0.4 is 5.32 Å². The van der Waals surface area contributed by atoms with E-state index in [9.17, 15) is 0 Å². The van der Waals surface area contributed by atoms with Crippen molar-refractivity contribution in [1.82, 2.24) is 25.5 Å². The number of benzene rings is 3. The molecule has 2 aliphatic rings. The van der Waals surface area contributed by atoms with Crippen LogP contribution in [0.2, 0.25) is 10.0 Å². The maximum absolute atomic E-state index is 6.78. The average Bonchev–Trinajstić information content (AvgIpc) is 3.50. The summed E-state index contributed by atoms with van der Waals surface area (Å²) in [5.41, 5.74) is 5.81. The minimum atomic E-state index is 0.0798. The van der Waals surface area contributed by atoms with Crippen LogP contribution in [0.5, 0.6) is 0 Å². The largest absolute Gasteiger partial charge is 0.380 e. The molecule has 3 unspecified atom stereocenters. The highest BCUT2D eigenvalue weighted by Crippen LogP contribution is 2.49.